The predicted octanol–water partition coefficient (Wildman–Crippen LogP) is 2.69. The highest BCUT2D eigenvalue weighted by Crippen LogP contribution is 2.22. The Balaban J connectivity index is 1.64. The second kappa shape index (κ2) is 8.33. The van der Waals surface area contributed by atoms with Gasteiger partial charge >= 0.3 is 0 Å². The Kier molecular flexibility index (Phi) is 5.89. The smallest absolute Gasteiger partial charge is 0.229 e. The van der Waals surface area contributed by atoms with Crippen molar-refractivity contribution in [2.24, 2.45) is 0 Å². The summed E-state index contributed by atoms with van der Waals surface area (Å²) < 4.78 is 45.5. The number of anilines is 3. The van der Waals surface area contributed by atoms with Crippen molar-refractivity contribution >= 4 is 17.5 Å². The SMILES string of the molecule is Cc1cc(NCCN2CCOCC2)nc(Nc2ccc(F)c(F)c2F)n1. The second-order valence-corrected chi connectivity index (χ2v) is 5.95. The van der Waals surface area contributed by atoms with Crippen LogP contribution in [0.1, 0.15) is 5.69 Å². The van der Waals surface area contributed by atoms with Gasteiger partial charge < -0.3 is 15.4 Å². The summed E-state index contributed by atoms with van der Waals surface area (Å²) in [4.78, 5) is 10.7. The fraction of sp³-hybridized carbons (Fsp3) is 0.412. The fourth-order valence-corrected chi connectivity index (χ4v) is 2.62. The summed E-state index contributed by atoms with van der Waals surface area (Å²) in [6, 6.07) is 3.70. The molecule has 1 fully saturated rings. The largest absolute Gasteiger partial charge is 0.379 e. The molecule has 0 spiro atoms. The van der Waals surface area contributed by atoms with Crippen molar-refractivity contribution in [3.8, 4) is 0 Å². The lowest BCUT2D eigenvalue weighted by Crippen LogP contribution is -2.39. The Labute approximate surface area is 149 Å². The maximum absolute atomic E-state index is 13.8. The van der Waals surface area contributed by atoms with E-state index < -0.39 is 17.5 Å². The molecule has 1 aromatic heterocycles. The van der Waals surface area contributed by atoms with Gasteiger partial charge in [-0.25, -0.2) is 18.2 Å². The van der Waals surface area contributed by atoms with Crippen molar-refractivity contribution in [3.63, 3.8) is 0 Å². The molecule has 1 aliphatic heterocycles. The molecule has 6 nitrogen and oxygen atoms in total. The number of rotatable bonds is 6. The number of hydrogen-bond acceptors (Lipinski definition) is 6. The van der Waals surface area contributed by atoms with Crippen molar-refractivity contribution < 1.29 is 17.9 Å². The second-order valence-electron chi connectivity index (χ2n) is 5.95. The number of morpholine rings is 1. The maximum Gasteiger partial charge on any atom is 0.229 e. The predicted molar refractivity (Wildman–Crippen MR) is 92.1 cm³/mol. The van der Waals surface area contributed by atoms with Crippen LogP contribution < -0.4 is 10.6 Å². The van der Waals surface area contributed by atoms with E-state index in [9.17, 15) is 13.2 Å². The quantitative estimate of drug-likeness (QED) is 0.766. The zero-order valence-electron chi connectivity index (χ0n) is 14.4. The van der Waals surface area contributed by atoms with E-state index in [2.05, 4.69) is 25.5 Å². The van der Waals surface area contributed by atoms with Crippen LogP contribution in [0, 0.1) is 24.4 Å². The number of ether oxygens (including phenoxy) is 1. The summed E-state index contributed by atoms with van der Waals surface area (Å²) in [5.41, 5.74) is 0.424. The average Bonchev–Trinajstić information content (AvgIpc) is 2.63. The van der Waals surface area contributed by atoms with Crippen molar-refractivity contribution in [1.29, 1.82) is 0 Å². The summed E-state index contributed by atoms with van der Waals surface area (Å²) in [5.74, 6) is -3.42. The van der Waals surface area contributed by atoms with Gasteiger partial charge in [0.2, 0.25) is 5.95 Å². The van der Waals surface area contributed by atoms with Gasteiger partial charge in [0.15, 0.2) is 17.5 Å². The molecular formula is C17H20F3N5O. The molecule has 26 heavy (non-hydrogen) atoms. The van der Waals surface area contributed by atoms with Gasteiger partial charge in [0.1, 0.15) is 5.82 Å². The lowest BCUT2D eigenvalue weighted by molar-refractivity contribution is 0.0398. The van der Waals surface area contributed by atoms with E-state index in [1.165, 1.54) is 0 Å². The van der Waals surface area contributed by atoms with E-state index in [1.807, 2.05) is 0 Å². The maximum atomic E-state index is 13.8. The number of hydrogen-bond donors (Lipinski definition) is 2. The normalized spacial score (nSPS) is 15.1. The highest BCUT2D eigenvalue weighted by molar-refractivity contribution is 5.56. The molecule has 0 amide bonds. The molecule has 0 aliphatic carbocycles. The van der Waals surface area contributed by atoms with Crippen molar-refractivity contribution in [3.05, 3.63) is 41.3 Å². The third-order valence-electron chi connectivity index (χ3n) is 3.97. The highest BCUT2D eigenvalue weighted by Gasteiger charge is 2.15. The molecule has 1 aliphatic rings. The summed E-state index contributed by atoms with van der Waals surface area (Å²) >= 11 is 0. The minimum Gasteiger partial charge on any atom is -0.379 e. The molecule has 2 heterocycles. The van der Waals surface area contributed by atoms with Crippen LogP contribution in [0.3, 0.4) is 0 Å². The molecule has 3 rings (SSSR count). The molecule has 0 saturated carbocycles. The molecule has 0 radical (unpaired) electrons. The van der Waals surface area contributed by atoms with Gasteiger partial charge in [0.05, 0.1) is 18.9 Å². The zero-order chi connectivity index (χ0) is 18.5. The Morgan fingerprint density at radius 1 is 1.12 bits per heavy atom. The minimum absolute atomic E-state index is 0.101. The van der Waals surface area contributed by atoms with E-state index in [-0.39, 0.29) is 11.6 Å². The number of halogens is 3. The van der Waals surface area contributed by atoms with Crippen LogP contribution in [0.15, 0.2) is 18.2 Å². The lowest BCUT2D eigenvalue weighted by Gasteiger charge is -2.26. The van der Waals surface area contributed by atoms with Gasteiger partial charge in [-0.3, -0.25) is 4.90 Å². The van der Waals surface area contributed by atoms with E-state index in [0.29, 0.717) is 18.1 Å². The first kappa shape index (κ1) is 18.4. The first-order chi connectivity index (χ1) is 12.5. The molecule has 0 atom stereocenters. The molecule has 9 heteroatoms. The van der Waals surface area contributed by atoms with Gasteiger partial charge in [0.25, 0.3) is 0 Å². The van der Waals surface area contributed by atoms with E-state index in [0.717, 1.165) is 45.0 Å². The van der Waals surface area contributed by atoms with Gasteiger partial charge in [-0.05, 0) is 19.1 Å². The lowest BCUT2D eigenvalue weighted by atomic mass is 10.3. The Morgan fingerprint density at radius 2 is 1.88 bits per heavy atom. The van der Waals surface area contributed by atoms with Crippen molar-refractivity contribution in [2.75, 3.05) is 50.0 Å². The Morgan fingerprint density at radius 3 is 2.65 bits per heavy atom. The summed E-state index contributed by atoms with van der Waals surface area (Å²) in [6.07, 6.45) is 0. The van der Waals surface area contributed by atoms with Crippen LogP contribution >= 0.6 is 0 Å². The van der Waals surface area contributed by atoms with Gasteiger partial charge in [-0.2, -0.15) is 4.98 Å². The summed E-state index contributed by atoms with van der Waals surface area (Å²) in [6.45, 7) is 6.55. The summed E-state index contributed by atoms with van der Waals surface area (Å²) in [5, 5.41) is 5.78. The van der Waals surface area contributed by atoms with E-state index in [1.54, 1.807) is 13.0 Å². The molecule has 2 N–H and O–H groups in total. The van der Waals surface area contributed by atoms with Gasteiger partial charge in [-0.1, -0.05) is 0 Å². The number of aryl methyl sites for hydroxylation is 1. The van der Waals surface area contributed by atoms with Gasteiger partial charge in [0, 0.05) is 37.9 Å². The van der Waals surface area contributed by atoms with Gasteiger partial charge in [-0.15, -0.1) is 0 Å². The van der Waals surface area contributed by atoms with Crippen LogP contribution in [-0.2, 0) is 4.74 Å². The number of aromatic nitrogens is 2. The molecule has 0 unspecified atom stereocenters. The molecule has 2 aromatic rings. The average molecular weight is 367 g/mol. The molecule has 0 bridgehead atoms. The fourth-order valence-electron chi connectivity index (χ4n) is 2.62. The third-order valence-corrected chi connectivity index (χ3v) is 3.97. The zero-order valence-corrected chi connectivity index (χ0v) is 14.4. The number of nitrogens with zero attached hydrogens (tertiary/aromatic N) is 3. The number of benzene rings is 1. The highest BCUT2D eigenvalue weighted by atomic mass is 19.2. The monoisotopic (exact) mass is 367 g/mol. The standard InChI is InChI=1S/C17H20F3N5O/c1-11-10-14(21-4-5-25-6-8-26-9-7-25)24-17(22-11)23-13-3-2-12(18)15(19)16(13)20/h2-3,10H,4-9H2,1H3,(H2,21,22,23,24). The van der Waals surface area contributed by atoms with Crippen molar-refractivity contribution in [2.45, 2.75) is 6.92 Å². The third kappa shape index (κ3) is 4.61. The first-order valence-corrected chi connectivity index (χ1v) is 8.33. The van der Waals surface area contributed by atoms with Crippen LogP contribution in [0.4, 0.5) is 30.6 Å². The summed E-state index contributed by atoms with van der Waals surface area (Å²) in [7, 11) is 0. The van der Waals surface area contributed by atoms with E-state index >= 15 is 0 Å². The topological polar surface area (TPSA) is 62.3 Å². The first-order valence-electron chi connectivity index (χ1n) is 8.33. The Hall–Kier alpha value is -2.39. The van der Waals surface area contributed by atoms with Crippen LogP contribution in [0.2, 0.25) is 0 Å². The molecule has 140 valence electrons. The van der Waals surface area contributed by atoms with Crippen LogP contribution in [0.25, 0.3) is 0 Å². The molecular weight excluding hydrogens is 347 g/mol. The number of nitrogens with one attached hydrogen (secondary N) is 2. The van der Waals surface area contributed by atoms with Crippen LogP contribution in [0.5, 0.6) is 0 Å². The molecule has 1 aromatic carbocycles. The van der Waals surface area contributed by atoms with E-state index in [4.69, 9.17) is 4.74 Å². The Bertz CT molecular complexity index is 768. The minimum atomic E-state index is -1.54. The molecule has 1 saturated heterocycles. The van der Waals surface area contributed by atoms with Crippen LogP contribution in [-0.4, -0.2) is 54.3 Å². The van der Waals surface area contributed by atoms with Crippen molar-refractivity contribution in [1.82, 2.24) is 14.9 Å².